The largest absolute Gasteiger partial charge is 0.467 e. The number of rotatable bonds is 7. The Kier molecular flexibility index (Phi) is 5.73. The van der Waals surface area contributed by atoms with Gasteiger partial charge in [-0.25, -0.2) is 0 Å². The minimum Gasteiger partial charge on any atom is -0.467 e. The summed E-state index contributed by atoms with van der Waals surface area (Å²) in [4.78, 5) is 0. The molecule has 0 aliphatic rings. The molecule has 0 amide bonds. The van der Waals surface area contributed by atoms with E-state index in [9.17, 15) is 5.11 Å². The van der Waals surface area contributed by atoms with Gasteiger partial charge in [0.15, 0.2) is 0 Å². The number of halogens is 2. The van der Waals surface area contributed by atoms with Crippen LogP contribution in [0.1, 0.15) is 5.76 Å². The van der Waals surface area contributed by atoms with Gasteiger partial charge in [-0.15, -0.1) is 0 Å². The molecule has 6 heteroatoms. The summed E-state index contributed by atoms with van der Waals surface area (Å²) < 4.78 is 10.5. The smallest absolute Gasteiger partial charge is 0.129 e. The van der Waals surface area contributed by atoms with E-state index in [1.807, 2.05) is 6.07 Å². The van der Waals surface area contributed by atoms with Crippen molar-refractivity contribution in [2.75, 3.05) is 18.5 Å². The van der Waals surface area contributed by atoms with Crippen LogP contribution < -0.4 is 5.32 Å². The first kappa shape index (κ1) is 15.2. The van der Waals surface area contributed by atoms with Gasteiger partial charge in [0, 0.05) is 6.54 Å². The van der Waals surface area contributed by atoms with Gasteiger partial charge in [0.2, 0.25) is 0 Å². The Hall–Kier alpha value is -1.20. The standard InChI is InChI=1S/C14H15Cl2NO3/c15-12-4-1-5-13(14(12)16)17-7-10(18)8-19-9-11-3-2-6-20-11/h1-6,10,17-18H,7-9H2. The van der Waals surface area contributed by atoms with Gasteiger partial charge in [0.25, 0.3) is 0 Å². The Morgan fingerprint density at radius 2 is 2.10 bits per heavy atom. The molecule has 0 fully saturated rings. The van der Waals surface area contributed by atoms with E-state index in [0.29, 0.717) is 28.9 Å². The van der Waals surface area contributed by atoms with Gasteiger partial charge >= 0.3 is 0 Å². The lowest BCUT2D eigenvalue weighted by atomic mass is 10.3. The van der Waals surface area contributed by atoms with Crippen LogP contribution in [-0.4, -0.2) is 24.4 Å². The molecule has 0 saturated carbocycles. The zero-order valence-electron chi connectivity index (χ0n) is 10.7. The second-order valence-corrected chi connectivity index (χ2v) is 5.02. The number of anilines is 1. The summed E-state index contributed by atoms with van der Waals surface area (Å²) in [6.07, 6.45) is 0.928. The molecule has 0 radical (unpaired) electrons. The lowest BCUT2D eigenvalue weighted by Crippen LogP contribution is -2.24. The van der Waals surface area contributed by atoms with Crippen LogP contribution in [0.4, 0.5) is 5.69 Å². The normalized spacial score (nSPS) is 12.3. The van der Waals surface area contributed by atoms with E-state index < -0.39 is 6.10 Å². The zero-order valence-corrected chi connectivity index (χ0v) is 12.2. The maximum atomic E-state index is 9.81. The average Bonchev–Trinajstić information content (AvgIpc) is 2.94. The van der Waals surface area contributed by atoms with Gasteiger partial charge in [-0.1, -0.05) is 29.3 Å². The SMILES string of the molecule is OC(CNc1cccc(Cl)c1Cl)COCc1ccco1. The van der Waals surface area contributed by atoms with Gasteiger partial charge in [-0.05, 0) is 24.3 Å². The van der Waals surface area contributed by atoms with Crippen molar-refractivity contribution in [2.24, 2.45) is 0 Å². The maximum Gasteiger partial charge on any atom is 0.129 e. The van der Waals surface area contributed by atoms with Gasteiger partial charge < -0.3 is 19.6 Å². The lowest BCUT2D eigenvalue weighted by Gasteiger charge is -2.14. The summed E-state index contributed by atoms with van der Waals surface area (Å²) in [6, 6.07) is 8.90. The van der Waals surface area contributed by atoms with E-state index in [1.165, 1.54) is 0 Å². The van der Waals surface area contributed by atoms with Crippen LogP contribution in [0.5, 0.6) is 0 Å². The highest BCUT2D eigenvalue weighted by molar-refractivity contribution is 6.43. The first-order chi connectivity index (χ1) is 9.66. The number of benzene rings is 1. The molecular weight excluding hydrogens is 301 g/mol. The summed E-state index contributed by atoms with van der Waals surface area (Å²) in [6.45, 7) is 0.853. The number of hydrogen-bond acceptors (Lipinski definition) is 4. The summed E-state index contributed by atoms with van der Waals surface area (Å²) in [7, 11) is 0. The first-order valence-electron chi connectivity index (χ1n) is 6.13. The van der Waals surface area contributed by atoms with Crippen molar-refractivity contribution < 1.29 is 14.3 Å². The molecule has 0 aliphatic heterocycles. The van der Waals surface area contributed by atoms with Crippen LogP contribution in [0, 0.1) is 0 Å². The number of nitrogens with one attached hydrogen (secondary N) is 1. The fraction of sp³-hybridized carbons (Fsp3) is 0.286. The first-order valence-corrected chi connectivity index (χ1v) is 6.88. The van der Waals surface area contributed by atoms with Crippen LogP contribution >= 0.6 is 23.2 Å². The molecule has 0 spiro atoms. The molecule has 108 valence electrons. The van der Waals surface area contributed by atoms with Crippen molar-refractivity contribution in [3.05, 3.63) is 52.4 Å². The molecule has 2 rings (SSSR count). The number of aliphatic hydroxyl groups excluding tert-OH is 1. The quantitative estimate of drug-likeness (QED) is 0.820. The van der Waals surface area contributed by atoms with Crippen molar-refractivity contribution >= 4 is 28.9 Å². The third-order valence-electron chi connectivity index (χ3n) is 2.61. The van der Waals surface area contributed by atoms with Crippen LogP contribution in [-0.2, 0) is 11.3 Å². The molecule has 4 nitrogen and oxygen atoms in total. The van der Waals surface area contributed by atoms with Crippen LogP contribution in [0.2, 0.25) is 10.0 Å². The Bertz CT molecular complexity index is 531. The highest BCUT2D eigenvalue weighted by Crippen LogP contribution is 2.29. The molecule has 1 unspecified atom stereocenters. The molecule has 0 bridgehead atoms. The highest BCUT2D eigenvalue weighted by Gasteiger charge is 2.08. The van der Waals surface area contributed by atoms with E-state index in [1.54, 1.807) is 30.5 Å². The second kappa shape index (κ2) is 7.55. The minimum atomic E-state index is -0.653. The zero-order chi connectivity index (χ0) is 14.4. The molecule has 1 atom stereocenters. The summed E-state index contributed by atoms with van der Waals surface area (Å²) in [5.74, 6) is 0.725. The molecule has 2 N–H and O–H groups in total. The fourth-order valence-corrected chi connectivity index (χ4v) is 1.98. The summed E-state index contributed by atoms with van der Waals surface area (Å²) in [5, 5.41) is 13.7. The fourth-order valence-electron chi connectivity index (χ4n) is 1.62. The summed E-state index contributed by atoms with van der Waals surface area (Å²) in [5.41, 5.74) is 0.684. The number of hydrogen-bond donors (Lipinski definition) is 2. The van der Waals surface area contributed by atoms with Crippen molar-refractivity contribution in [3.8, 4) is 0 Å². The van der Waals surface area contributed by atoms with Crippen molar-refractivity contribution in [2.45, 2.75) is 12.7 Å². The molecule has 2 aromatic rings. The van der Waals surface area contributed by atoms with Crippen molar-refractivity contribution in [1.29, 1.82) is 0 Å². The van der Waals surface area contributed by atoms with E-state index in [0.717, 1.165) is 5.76 Å². The molecule has 1 aromatic carbocycles. The van der Waals surface area contributed by atoms with E-state index >= 15 is 0 Å². The topological polar surface area (TPSA) is 54.6 Å². The third kappa shape index (κ3) is 4.42. The predicted octanol–water partition coefficient (Wildman–Crippen LogP) is 3.58. The van der Waals surface area contributed by atoms with Gasteiger partial charge in [0.1, 0.15) is 12.4 Å². The average molecular weight is 316 g/mol. The van der Waals surface area contributed by atoms with Gasteiger partial charge in [0.05, 0.1) is 34.7 Å². The maximum absolute atomic E-state index is 9.81. The Morgan fingerprint density at radius 3 is 2.85 bits per heavy atom. The van der Waals surface area contributed by atoms with Crippen molar-refractivity contribution in [1.82, 2.24) is 0 Å². The van der Waals surface area contributed by atoms with E-state index in [2.05, 4.69) is 5.32 Å². The van der Waals surface area contributed by atoms with E-state index in [-0.39, 0.29) is 6.61 Å². The molecule has 1 aromatic heterocycles. The monoisotopic (exact) mass is 315 g/mol. The van der Waals surface area contributed by atoms with Gasteiger partial charge in [-0.2, -0.15) is 0 Å². The molecule has 0 aliphatic carbocycles. The lowest BCUT2D eigenvalue weighted by molar-refractivity contribution is 0.0282. The Labute approximate surface area is 127 Å². The van der Waals surface area contributed by atoms with Crippen LogP contribution in [0.3, 0.4) is 0 Å². The Balaban J connectivity index is 1.72. The second-order valence-electron chi connectivity index (χ2n) is 4.23. The van der Waals surface area contributed by atoms with Crippen LogP contribution in [0.25, 0.3) is 0 Å². The van der Waals surface area contributed by atoms with Gasteiger partial charge in [-0.3, -0.25) is 0 Å². The minimum absolute atomic E-state index is 0.200. The third-order valence-corrected chi connectivity index (χ3v) is 3.43. The molecule has 0 saturated heterocycles. The molecule has 20 heavy (non-hydrogen) atoms. The predicted molar refractivity (Wildman–Crippen MR) is 79.3 cm³/mol. The number of aliphatic hydroxyl groups is 1. The van der Waals surface area contributed by atoms with Crippen LogP contribution in [0.15, 0.2) is 41.0 Å². The highest BCUT2D eigenvalue weighted by atomic mass is 35.5. The number of furan rings is 1. The molecule has 1 heterocycles. The van der Waals surface area contributed by atoms with Crippen molar-refractivity contribution in [3.63, 3.8) is 0 Å². The summed E-state index contributed by atoms with van der Waals surface area (Å²) >= 11 is 11.9. The number of ether oxygens (including phenoxy) is 1. The van der Waals surface area contributed by atoms with E-state index in [4.69, 9.17) is 32.4 Å². The molecular formula is C14H15Cl2NO3. The Morgan fingerprint density at radius 1 is 1.25 bits per heavy atom.